The Bertz CT molecular complexity index is 391. The Morgan fingerprint density at radius 1 is 1.40 bits per heavy atom. The number of nitrogens with one attached hydrogen (secondary N) is 1. The fraction of sp³-hybridized carbons (Fsp3) is 0.733. The van der Waals surface area contributed by atoms with Crippen molar-refractivity contribution >= 4 is 0 Å². The molecule has 0 saturated carbocycles. The molecular weight excluding hydrogens is 250 g/mol. The summed E-state index contributed by atoms with van der Waals surface area (Å²) in [7, 11) is 0. The maximum atomic E-state index is 4.20. The standard InChI is InChI=1S/C15H29N5/c1-6-8-19(9-7-2)10-11-20-13-14(17-18-20)12-16-15(3,4)5/h6,13,16H,1,7-12H2,2-5H3. The summed E-state index contributed by atoms with van der Waals surface area (Å²) >= 11 is 0. The third-order valence-corrected chi connectivity index (χ3v) is 2.96. The maximum absolute atomic E-state index is 4.20. The van der Waals surface area contributed by atoms with Crippen LogP contribution in [0.3, 0.4) is 0 Å². The van der Waals surface area contributed by atoms with Crippen LogP contribution in [0.1, 0.15) is 39.8 Å². The van der Waals surface area contributed by atoms with E-state index < -0.39 is 0 Å². The molecule has 0 aliphatic heterocycles. The van der Waals surface area contributed by atoms with Crippen molar-refractivity contribution in [3.8, 4) is 0 Å². The maximum Gasteiger partial charge on any atom is 0.0965 e. The van der Waals surface area contributed by atoms with Gasteiger partial charge in [0.15, 0.2) is 0 Å². The topological polar surface area (TPSA) is 46.0 Å². The molecule has 0 spiro atoms. The summed E-state index contributed by atoms with van der Waals surface area (Å²) in [6.07, 6.45) is 5.14. The second-order valence-corrected chi connectivity index (χ2v) is 6.17. The van der Waals surface area contributed by atoms with Gasteiger partial charge < -0.3 is 5.32 Å². The fourth-order valence-electron chi connectivity index (χ4n) is 1.92. The molecule has 0 aliphatic rings. The Labute approximate surface area is 123 Å². The summed E-state index contributed by atoms with van der Waals surface area (Å²) in [6.45, 7) is 17.1. The number of nitrogens with zero attached hydrogens (tertiary/aromatic N) is 4. The molecule has 20 heavy (non-hydrogen) atoms. The third kappa shape index (κ3) is 6.82. The highest BCUT2D eigenvalue weighted by Gasteiger charge is 2.10. The molecule has 0 fully saturated rings. The zero-order valence-electron chi connectivity index (χ0n) is 13.4. The zero-order chi connectivity index (χ0) is 15.0. The first-order valence-electron chi connectivity index (χ1n) is 7.42. The van der Waals surface area contributed by atoms with Crippen molar-refractivity contribution in [2.75, 3.05) is 19.6 Å². The van der Waals surface area contributed by atoms with Gasteiger partial charge in [-0.3, -0.25) is 9.58 Å². The van der Waals surface area contributed by atoms with Crippen molar-refractivity contribution in [3.05, 3.63) is 24.5 Å². The first-order chi connectivity index (χ1) is 9.44. The molecular formula is C15H29N5. The van der Waals surface area contributed by atoms with Crippen LogP contribution in [0, 0.1) is 0 Å². The monoisotopic (exact) mass is 279 g/mol. The fourth-order valence-corrected chi connectivity index (χ4v) is 1.92. The third-order valence-electron chi connectivity index (χ3n) is 2.96. The molecule has 0 unspecified atom stereocenters. The quantitative estimate of drug-likeness (QED) is 0.703. The van der Waals surface area contributed by atoms with Crippen molar-refractivity contribution in [1.82, 2.24) is 25.2 Å². The van der Waals surface area contributed by atoms with Crippen molar-refractivity contribution in [3.63, 3.8) is 0 Å². The van der Waals surface area contributed by atoms with Crippen molar-refractivity contribution < 1.29 is 0 Å². The number of rotatable bonds is 9. The Morgan fingerprint density at radius 2 is 2.15 bits per heavy atom. The number of hydrogen-bond donors (Lipinski definition) is 1. The Morgan fingerprint density at radius 3 is 2.75 bits per heavy atom. The predicted octanol–water partition coefficient (Wildman–Crippen LogP) is 2.06. The molecule has 1 heterocycles. The lowest BCUT2D eigenvalue weighted by molar-refractivity contribution is 0.283. The Hall–Kier alpha value is -1.20. The molecule has 1 aromatic heterocycles. The van der Waals surface area contributed by atoms with Gasteiger partial charge in [0.1, 0.15) is 0 Å². The van der Waals surface area contributed by atoms with Gasteiger partial charge in [-0.2, -0.15) is 0 Å². The Kier molecular flexibility index (Phi) is 6.88. The first-order valence-corrected chi connectivity index (χ1v) is 7.42. The van der Waals surface area contributed by atoms with E-state index in [1.807, 2.05) is 17.0 Å². The van der Waals surface area contributed by atoms with Gasteiger partial charge in [-0.15, -0.1) is 11.7 Å². The molecule has 1 aromatic rings. The molecule has 0 aromatic carbocycles. The molecule has 1 N–H and O–H groups in total. The molecule has 114 valence electrons. The van der Waals surface area contributed by atoms with Crippen LogP contribution in [0.4, 0.5) is 0 Å². The van der Waals surface area contributed by atoms with E-state index in [1.165, 1.54) is 0 Å². The summed E-state index contributed by atoms with van der Waals surface area (Å²) in [5.74, 6) is 0. The van der Waals surface area contributed by atoms with E-state index in [2.05, 4.69) is 54.8 Å². The van der Waals surface area contributed by atoms with E-state index in [1.54, 1.807) is 0 Å². The lowest BCUT2D eigenvalue weighted by atomic mass is 10.1. The van der Waals surface area contributed by atoms with Gasteiger partial charge in [0, 0.05) is 31.4 Å². The SMILES string of the molecule is C=CCN(CCC)CCn1cc(CNC(C)(C)C)nn1. The van der Waals surface area contributed by atoms with Crippen LogP contribution >= 0.6 is 0 Å². The molecule has 0 amide bonds. The molecule has 5 nitrogen and oxygen atoms in total. The van der Waals surface area contributed by atoms with Gasteiger partial charge in [-0.25, -0.2) is 0 Å². The summed E-state index contributed by atoms with van der Waals surface area (Å²) in [6, 6.07) is 0. The lowest BCUT2D eigenvalue weighted by Gasteiger charge is -2.19. The summed E-state index contributed by atoms with van der Waals surface area (Å²) in [5.41, 5.74) is 1.09. The Balaban J connectivity index is 2.41. The highest BCUT2D eigenvalue weighted by atomic mass is 15.4. The molecule has 1 rings (SSSR count). The molecule has 0 saturated heterocycles. The van der Waals surface area contributed by atoms with Crippen molar-refractivity contribution in [1.29, 1.82) is 0 Å². The summed E-state index contributed by atoms with van der Waals surface area (Å²) < 4.78 is 1.92. The average Bonchev–Trinajstić information content (AvgIpc) is 2.81. The average molecular weight is 279 g/mol. The summed E-state index contributed by atoms with van der Waals surface area (Å²) in [5, 5.41) is 11.8. The minimum atomic E-state index is 0.103. The molecule has 5 heteroatoms. The van der Waals surface area contributed by atoms with Crippen LogP contribution in [0.5, 0.6) is 0 Å². The van der Waals surface area contributed by atoms with Gasteiger partial charge >= 0.3 is 0 Å². The predicted molar refractivity (Wildman–Crippen MR) is 83.5 cm³/mol. The number of hydrogen-bond acceptors (Lipinski definition) is 4. The van der Waals surface area contributed by atoms with Gasteiger partial charge in [-0.1, -0.05) is 18.2 Å². The summed E-state index contributed by atoms with van der Waals surface area (Å²) in [4.78, 5) is 2.38. The first kappa shape index (κ1) is 16.9. The largest absolute Gasteiger partial charge is 0.306 e. The van der Waals surface area contributed by atoms with Gasteiger partial charge in [0.2, 0.25) is 0 Å². The lowest BCUT2D eigenvalue weighted by Crippen LogP contribution is -2.35. The van der Waals surface area contributed by atoms with E-state index in [0.717, 1.165) is 44.8 Å². The van der Waals surface area contributed by atoms with Crippen LogP contribution in [-0.4, -0.2) is 45.1 Å². The second kappa shape index (κ2) is 8.17. The number of aromatic nitrogens is 3. The molecule has 0 atom stereocenters. The molecule has 0 bridgehead atoms. The minimum Gasteiger partial charge on any atom is -0.306 e. The molecule has 0 aliphatic carbocycles. The van der Waals surface area contributed by atoms with E-state index >= 15 is 0 Å². The van der Waals surface area contributed by atoms with Crippen LogP contribution in [0.25, 0.3) is 0 Å². The normalized spacial score (nSPS) is 12.1. The van der Waals surface area contributed by atoms with Crippen molar-refractivity contribution in [2.24, 2.45) is 0 Å². The van der Waals surface area contributed by atoms with Gasteiger partial charge in [-0.05, 0) is 33.7 Å². The second-order valence-electron chi connectivity index (χ2n) is 6.17. The van der Waals surface area contributed by atoms with Gasteiger partial charge in [0.05, 0.1) is 12.2 Å². The minimum absolute atomic E-state index is 0.103. The van der Waals surface area contributed by atoms with E-state index in [-0.39, 0.29) is 5.54 Å². The van der Waals surface area contributed by atoms with Crippen LogP contribution in [0.2, 0.25) is 0 Å². The zero-order valence-corrected chi connectivity index (χ0v) is 13.4. The van der Waals surface area contributed by atoms with Crippen LogP contribution in [-0.2, 0) is 13.1 Å². The van der Waals surface area contributed by atoms with Gasteiger partial charge in [0.25, 0.3) is 0 Å². The van der Waals surface area contributed by atoms with Crippen LogP contribution in [0.15, 0.2) is 18.9 Å². The smallest absolute Gasteiger partial charge is 0.0965 e. The van der Waals surface area contributed by atoms with E-state index in [4.69, 9.17) is 0 Å². The van der Waals surface area contributed by atoms with Crippen molar-refractivity contribution in [2.45, 2.75) is 52.7 Å². The van der Waals surface area contributed by atoms with E-state index in [0.29, 0.717) is 0 Å². The highest BCUT2D eigenvalue weighted by Crippen LogP contribution is 2.02. The van der Waals surface area contributed by atoms with Crippen LogP contribution < -0.4 is 5.32 Å². The highest BCUT2D eigenvalue weighted by molar-refractivity contribution is 4.93. The van der Waals surface area contributed by atoms with E-state index in [9.17, 15) is 0 Å². The molecule has 0 radical (unpaired) electrons.